The van der Waals surface area contributed by atoms with E-state index < -0.39 is 0 Å². The van der Waals surface area contributed by atoms with Crippen molar-refractivity contribution in [3.05, 3.63) is 211 Å². The highest BCUT2D eigenvalue weighted by atomic mass is 16.3. The molecule has 0 N–H and O–H groups in total. The highest BCUT2D eigenvalue weighted by molar-refractivity contribution is 6.22. The summed E-state index contributed by atoms with van der Waals surface area (Å²) < 4.78 is 6.67. The molecule has 0 atom stereocenters. The van der Waals surface area contributed by atoms with E-state index in [1.165, 1.54) is 55.3 Å². The first-order chi connectivity index (χ1) is 28.0. The molecule has 1 heterocycles. The molecule has 0 saturated carbocycles. The van der Waals surface area contributed by atoms with Crippen LogP contribution in [-0.4, -0.2) is 0 Å². The molecule has 0 amide bonds. The van der Waals surface area contributed by atoms with Gasteiger partial charge in [-0.25, -0.2) is 0 Å². The van der Waals surface area contributed by atoms with Crippen LogP contribution in [0, 0.1) is 0 Å². The third-order valence-corrected chi connectivity index (χ3v) is 12.1. The fourth-order valence-electron chi connectivity index (χ4n) is 9.19. The van der Waals surface area contributed by atoms with E-state index in [1.54, 1.807) is 0 Å². The molecule has 1 aliphatic carbocycles. The lowest BCUT2D eigenvalue weighted by Crippen LogP contribution is -2.16. The third-order valence-electron chi connectivity index (χ3n) is 12.1. The van der Waals surface area contributed by atoms with E-state index in [9.17, 15) is 0 Å². The summed E-state index contributed by atoms with van der Waals surface area (Å²) in [4.78, 5) is 2.38. The van der Waals surface area contributed by atoms with E-state index in [4.69, 9.17) is 4.42 Å². The van der Waals surface area contributed by atoms with Gasteiger partial charge >= 0.3 is 0 Å². The fourth-order valence-corrected chi connectivity index (χ4v) is 9.19. The van der Waals surface area contributed by atoms with Crippen molar-refractivity contribution in [2.45, 2.75) is 19.3 Å². The van der Waals surface area contributed by atoms with E-state index >= 15 is 0 Å². The van der Waals surface area contributed by atoms with Gasteiger partial charge < -0.3 is 9.32 Å². The van der Waals surface area contributed by atoms with Gasteiger partial charge in [0.1, 0.15) is 11.2 Å². The second-order valence-corrected chi connectivity index (χ2v) is 15.7. The molecule has 0 saturated heterocycles. The number of hydrogen-bond acceptors (Lipinski definition) is 2. The maximum atomic E-state index is 6.67. The molecule has 1 aromatic heterocycles. The van der Waals surface area contributed by atoms with Crippen LogP contribution in [-0.2, 0) is 5.41 Å². The monoisotopic (exact) mass is 729 g/mol. The Kier molecular flexibility index (Phi) is 7.55. The Balaban J connectivity index is 0.996. The van der Waals surface area contributed by atoms with Crippen molar-refractivity contribution in [2.24, 2.45) is 0 Å². The maximum absolute atomic E-state index is 6.67. The molecule has 0 bridgehead atoms. The second-order valence-electron chi connectivity index (χ2n) is 15.7. The molecule has 2 heteroatoms. The van der Waals surface area contributed by atoms with Gasteiger partial charge in [0, 0.05) is 33.2 Å². The molecular formula is C55H39NO. The van der Waals surface area contributed by atoms with Crippen LogP contribution < -0.4 is 4.90 Å². The predicted octanol–water partition coefficient (Wildman–Crippen LogP) is 15.5. The number of anilines is 3. The summed E-state index contributed by atoms with van der Waals surface area (Å²) in [6.07, 6.45) is 0. The van der Waals surface area contributed by atoms with E-state index in [0.29, 0.717) is 0 Å². The van der Waals surface area contributed by atoms with Gasteiger partial charge in [-0.05, 0) is 121 Å². The summed E-state index contributed by atoms with van der Waals surface area (Å²) in [6.45, 7) is 4.69. The number of hydrogen-bond donors (Lipinski definition) is 0. The van der Waals surface area contributed by atoms with E-state index in [-0.39, 0.29) is 5.41 Å². The number of rotatable bonds is 6. The topological polar surface area (TPSA) is 16.4 Å². The number of fused-ring (bicyclic) bond motifs is 8. The summed E-state index contributed by atoms with van der Waals surface area (Å²) in [6, 6.07) is 72.4. The van der Waals surface area contributed by atoms with Crippen molar-refractivity contribution in [1.29, 1.82) is 0 Å². The average molecular weight is 730 g/mol. The van der Waals surface area contributed by atoms with E-state index in [1.807, 2.05) is 0 Å². The third kappa shape index (κ3) is 5.40. The Morgan fingerprint density at radius 3 is 1.61 bits per heavy atom. The van der Waals surface area contributed by atoms with Crippen molar-refractivity contribution in [3.63, 3.8) is 0 Å². The molecule has 57 heavy (non-hydrogen) atoms. The van der Waals surface area contributed by atoms with Gasteiger partial charge in [-0.1, -0.05) is 159 Å². The molecule has 11 rings (SSSR count). The SMILES string of the molecule is CC1(C)c2ccccc2-c2ccc(N(c3ccc(-c4ccccc4)cc3)c3ccc(-c4ccc5c(c4)oc4cc(-c6ccccc6)c6ccccc6c45)cc3)cc21. The zero-order valence-corrected chi connectivity index (χ0v) is 31.9. The van der Waals surface area contributed by atoms with Crippen LogP contribution in [0.4, 0.5) is 17.1 Å². The lowest BCUT2D eigenvalue weighted by molar-refractivity contribution is 0.660. The minimum atomic E-state index is -0.0979. The number of furan rings is 1. The quantitative estimate of drug-likeness (QED) is 0.169. The molecule has 10 aromatic rings. The van der Waals surface area contributed by atoms with Crippen LogP contribution in [0.15, 0.2) is 205 Å². The Bertz CT molecular complexity index is 3120. The lowest BCUT2D eigenvalue weighted by Gasteiger charge is -2.28. The summed E-state index contributed by atoms with van der Waals surface area (Å²) in [5.41, 5.74) is 17.5. The van der Waals surface area contributed by atoms with Crippen molar-refractivity contribution in [1.82, 2.24) is 0 Å². The molecule has 0 spiro atoms. The van der Waals surface area contributed by atoms with Crippen molar-refractivity contribution < 1.29 is 4.42 Å². The van der Waals surface area contributed by atoms with E-state index in [0.717, 1.165) is 50.1 Å². The zero-order valence-electron chi connectivity index (χ0n) is 31.9. The van der Waals surface area contributed by atoms with E-state index in [2.05, 4.69) is 219 Å². The molecule has 0 fully saturated rings. The summed E-state index contributed by atoms with van der Waals surface area (Å²) in [7, 11) is 0. The fraction of sp³-hybridized carbons (Fsp3) is 0.0545. The summed E-state index contributed by atoms with van der Waals surface area (Å²) in [5.74, 6) is 0. The molecule has 0 unspecified atom stereocenters. The van der Waals surface area contributed by atoms with Gasteiger partial charge in [0.25, 0.3) is 0 Å². The molecule has 1 aliphatic rings. The first-order valence-corrected chi connectivity index (χ1v) is 19.8. The van der Waals surface area contributed by atoms with Crippen molar-refractivity contribution in [3.8, 4) is 44.5 Å². The minimum absolute atomic E-state index is 0.0979. The Hall–Kier alpha value is -7.16. The largest absolute Gasteiger partial charge is 0.456 e. The van der Waals surface area contributed by atoms with Crippen LogP contribution in [0.5, 0.6) is 0 Å². The van der Waals surface area contributed by atoms with Gasteiger partial charge in [-0.15, -0.1) is 0 Å². The molecule has 0 radical (unpaired) electrons. The molecule has 2 nitrogen and oxygen atoms in total. The highest BCUT2D eigenvalue weighted by Crippen LogP contribution is 2.51. The molecule has 9 aromatic carbocycles. The lowest BCUT2D eigenvalue weighted by atomic mass is 9.82. The Morgan fingerprint density at radius 2 is 0.895 bits per heavy atom. The first-order valence-electron chi connectivity index (χ1n) is 19.8. The smallest absolute Gasteiger partial charge is 0.136 e. The predicted molar refractivity (Wildman–Crippen MR) is 240 cm³/mol. The highest BCUT2D eigenvalue weighted by Gasteiger charge is 2.35. The maximum Gasteiger partial charge on any atom is 0.136 e. The van der Waals surface area contributed by atoms with Gasteiger partial charge in [-0.3, -0.25) is 0 Å². The van der Waals surface area contributed by atoms with Crippen molar-refractivity contribution >= 4 is 49.8 Å². The number of benzene rings is 9. The summed E-state index contributed by atoms with van der Waals surface area (Å²) >= 11 is 0. The van der Waals surface area contributed by atoms with Crippen molar-refractivity contribution in [2.75, 3.05) is 4.90 Å². The van der Waals surface area contributed by atoms with Gasteiger partial charge in [0.15, 0.2) is 0 Å². The van der Waals surface area contributed by atoms with Crippen LogP contribution >= 0.6 is 0 Å². The Labute approximate surface area is 332 Å². The van der Waals surface area contributed by atoms with Crippen LogP contribution in [0.2, 0.25) is 0 Å². The molecular weight excluding hydrogens is 691 g/mol. The van der Waals surface area contributed by atoms with Gasteiger partial charge in [0.05, 0.1) is 0 Å². The second kappa shape index (κ2) is 13.0. The first kappa shape index (κ1) is 33.2. The zero-order chi connectivity index (χ0) is 38.1. The average Bonchev–Trinajstić information content (AvgIpc) is 3.76. The van der Waals surface area contributed by atoms with Crippen LogP contribution in [0.3, 0.4) is 0 Å². The van der Waals surface area contributed by atoms with Crippen LogP contribution in [0.1, 0.15) is 25.0 Å². The van der Waals surface area contributed by atoms with Gasteiger partial charge in [-0.2, -0.15) is 0 Å². The summed E-state index contributed by atoms with van der Waals surface area (Å²) in [5, 5.41) is 4.74. The minimum Gasteiger partial charge on any atom is -0.456 e. The standard InChI is InChI=1S/C55H39NO/c1-55(2)50-20-12-11-18-45(50)46-32-30-43(34-51(46)55)56(41-26-21-37(22-27-41)36-13-5-3-6-14-36)42-28-23-38(24-29-42)40-25-31-48-52(33-40)57-53-35-49(39-15-7-4-8-16-39)44-17-9-10-19-47(44)54(48)53/h3-35H,1-2H3. The number of nitrogens with zero attached hydrogens (tertiary/aromatic N) is 1. The Morgan fingerprint density at radius 1 is 0.351 bits per heavy atom. The molecule has 0 aliphatic heterocycles. The normalized spacial score (nSPS) is 12.9. The molecule has 270 valence electrons. The van der Waals surface area contributed by atoms with Crippen LogP contribution in [0.25, 0.3) is 77.2 Å². The van der Waals surface area contributed by atoms with Gasteiger partial charge in [0.2, 0.25) is 0 Å².